The molecular weight excluding hydrogens is 208 g/mol. The Kier molecular flexibility index (Phi) is 3.31. The number of hydrogen-bond donors (Lipinski definition) is 2. The van der Waals surface area contributed by atoms with Gasteiger partial charge < -0.3 is 15.3 Å². The molecule has 0 radical (unpaired) electrons. The van der Waals surface area contributed by atoms with Crippen molar-refractivity contribution in [3.05, 3.63) is 0 Å². The van der Waals surface area contributed by atoms with Gasteiger partial charge in [0.05, 0.1) is 5.92 Å². The first-order valence-electron chi connectivity index (χ1n) is 5.92. The molecule has 0 spiro atoms. The van der Waals surface area contributed by atoms with Gasteiger partial charge in [0.1, 0.15) is 0 Å². The fraction of sp³-hybridized carbons (Fsp3) is 0.818. The summed E-state index contributed by atoms with van der Waals surface area (Å²) in [5.41, 5.74) is 0. The molecule has 2 aliphatic rings. The maximum atomic E-state index is 11.7. The van der Waals surface area contributed by atoms with E-state index in [0.29, 0.717) is 25.4 Å². The Morgan fingerprint density at radius 3 is 2.69 bits per heavy atom. The van der Waals surface area contributed by atoms with Crippen molar-refractivity contribution in [3.8, 4) is 0 Å². The van der Waals surface area contributed by atoms with Crippen LogP contribution < -0.4 is 5.32 Å². The monoisotopic (exact) mass is 226 g/mol. The van der Waals surface area contributed by atoms with Crippen molar-refractivity contribution < 1.29 is 14.7 Å². The number of hydrogen-bond acceptors (Lipinski definition) is 2. The molecule has 1 saturated heterocycles. The normalized spacial score (nSPS) is 25.2. The van der Waals surface area contributed by atoms with Crippen LogP contribution in [0.1, 0.15) is 25.7 Å². The van der Waals surface area contributed by atoms with Gasteiger partial charge in [-0.25, -0.2) is 4.79 Å². The third-order valence-corrected chi connectivity index (χ3v) is 3.30. The molecule has 2 fully saturated rings. The smallest absolute Gasteiger partial charge is 0.317 e. The van der Waals surface area contributed by atoms with Gasteiger partial charge in [-0.15, -0.1) is 0 Å². The van der Waals surface area contributed by atoms with E-state index in [4.69, 9.17) is 5.11 Å². The summed E-state index contributed by atoms with van der Waals surface area (Å²) in [5, 5.41) is 11.8. The molecule has 5 heteroatoms. The van der Waals surface area contributed by atoms with Gasteiger partial charge >= 0.3 is 12.0 Å². The summed E-state index contributed by atoms with van der Waals surface area (Å²) in [6.45, 7) is 1.78. The topological polar surface area (TPSA) is 69.6 Å². The number of likely N-dealkylation sites (tertiary alicyclic amines) is 1. The first-order valence-corrected chi connectivity index (χ1v) is 5.92. The predicted octanol–water partition coefficient (Wildman–Crippen LogP) is 0.903. The molecule has 2 amide bonds. The zero-order chi connectivity index (χ0) is 11.5. The molecule has 1 atom stereocenters. The van der Waals surface area contributed by atoms with Gasteiger partial charge in [0.2, 0.25) is 0 Å². The summed E-state index contributed by atoms with van der Waals surface area (Å²) in [6, 6.07) is -0.0992. The molecule has 0 aromatic heterocycles. The van der Waals surface area contributed by atoms with E-state index in [1.54, 1.807) is 4.90 Å². The lowest BCUT2D eigenvalue weighted by Crippen LogP contribution is -2.47. The number of amides is 2. The van der Waals surface area contributed by atoms with Gasteiger partial charge in [-0.3, -0.25) is 4.79 Å². The van der Waals surface area contributed by atoms with Crippen LogP contribution in [0.5, 0.6) is 0 Å². The van der Waals surface area contributed by atoms with Gasteiger partial charge in [0.25, 0.3) is 0 Å². The summed E-state index contributed by atoms with van der Waals surface area (Å²) in [6.07, 6.45) is 3.88. The number of urea groups is 1. The van der Waals surface area contributed by atoms with Crippen LogP contribution in [0.3, 0.4) is 0 Å². The number of rotatable bonds is 3. The van der Waals surface area contributed by atoms with Crippen LogP contribution in [0.4, 0.5) is 4.79 Å². The Morgan fingerprint density at radius 1 is 1.31 bits per heavy atom. The summed E-state index contributed by atoms with van der Waals surface area (Å²) >= 11 is 0. The maximum absolute atomic E-state index is 11.7. The van der Waals surface area contributed by atoms with Crippen molar-refractivity contribution >= 4 is 12.0 Å². The van der Waals surface area contributed by atoms with E-state index in [1.807, 2.05) is 0 Å². The standard InChI is InChI=1S/C11H18N2O3/c14-10(15)9-2-1-5-13(7-9)11(16)12-6-8-3-4-8/h8-9H,1-7H2,(H,12,16)(H,14,15). The highest BCUT2D eigenvalue weighted by molar-refractivity contribution is 5.76. The lowest BCUT2D eigenvalue weighted by molar-refractivity contribution is -0.143. The van der Waals surface area contributed by atoms with Gasteiger partial charge in [0, 0.05) is 19.6 Å². The molecule has 0 aromatic rings. The maximum Gasteiger partial charge on any atom is 0.317 e. The van der Waals surface area contributed by atoms with E-state index in [-0.39, 0.29) is 11.9 Å². The van der Waals surface area contributed by atoms with Crippen LogP contribution in [0.25, 0.3) is 0 Å². The Labute approximate surface area is 94.8 Å². The zero-order valence-corrected chi connectivity index (χ0v) is 9.32. The highest BCUT2D eigenvalue weighted by atomic mass is 16.4. The largest absolute Gasteiger partial charge is 0.481 e. The molecule has 0 bridgehead atoms. The van der Waals surface area contributed by atoms with E-state index in [1.165, 1.54) is 12.8 Å². The molecule has 1 saturated carbocycles. The number of carboxylic acids is 1. The average molecular weight is 226 g/mol. The summed E-state index contributed by atoms with van der Waals surface area (Å²) in [5.74, 6) is -0.524. The zero-order valence-electron chi connectivity index (χ0n) is 9.32. The van der Waals surface area contributed by atoms with E-state index >= 15 is 0 Å². The number of nitrogens with zero attached hydrogens (tertiary/aromatic N) is 1. The summed E-state index contributed by atoms with van der Waals surface area (Å²) in [7, 11) is 0. The molecule has 2 N–H and O–H groups in total. The lowest BCUT2D eigenvalue weighted by Gasteiger charge is -2.30. The third-order valence-electron chi connectivity index (χ3n) is 3.30. The van der Waals surface area contributed by atoms with Crippen LogP contribution in [-0.2, 0) is 4.79 Å². The minimum absolute atomic E-state index is 0.0992. The van der Waals surface area contributed by atoms with Gasteiger partial charge in [0.15, 0.2) is 0 Å². The van der Waals surface area contributed by atoms with Crippen molar-refractivity contribution in [1.82, 2.24) is 10.2 Å². The van der Waals surface area contributed by atoms with Crippen molar-refractivity contribution in [2.24, 2.45) is 11.8 Å². The van der Waals surface area contributed by atoms with Crippen molar-refractivity contribution in [2.45, 2.75) is 25.7 Å². The molecule has 2 rings (SSSR count). The molecular formula is C11H18N2O3. The van der Waals surface area contributed by atoms with Crippen LogP contribution in [0.15, 0.2) is 0 Å². The van der Waals surface area contributed by atoms with Crippen molar-refractivity contribution in [3.63, 3.8) is 0 Å². The van der Waals surface area contributed by atoms with Gasteiger partial charge in [-0.2, -0.15) is 0 Å². The van der Waals surface area contributed by atoms with Gasteiger partial charge in [-0.1, -0.05) is 0 Å². The Balaban J connectivity index is 1.78. The number of carbonyl (C=O) groups excluding carboxylic acids is 1. The van der Waals surface area contributed by atoms with Crippen LogP contribution in [0, 0.1) is 11.8 Å². The average Bonchev–Trinajstić information content (AvgIpc) is 3.10. The number of nitrogens with one attached hydrogen (secondary N) is 1. The Bertz CT molecular complexity index is 289. The molecule has 0 aromatic carbocycles. The van der Waals surface area contributed by atoms with Crippen molar-refractivity contribution in [1.29, 1.82) is 0 Å². The molecule has 16 heavy (non-hydrogen) atoms. The second kappa shape index (κ2) is 4.72. The molecule has 1 aliphatic heterocycles. The van der Waals surface area contributed by atoms with E-state index in [0.717, 1.165) is 13.0 Å². The second-order valence-corrected chi connectivity index (χ2v) is 4.75. The summed E-state index contributed by atoms with van der Waals surface area (Å²) in [4.78, 5) is 24.2. The SMILES string of the molecule is O=C(O)C1CCCN(C(=O)NCC2CC2)C1. The lowest BCUT2D eigenvalue weighted by atomic mass is 9.99. The second-order valence-electron chi connectivity index (χ2n) is 4.75. The van der Waals surface area contributed by atoms with Crippen LogP contribution in [-0.4, -0.2) is 41.6 Å². The molecule has 1 heterocycles. The number of carbonyl (C=O) groups is 2. The van der Waals surface area contributed by atoms with E-state index in [9.17, 15) is 9.59 Å². The number of carboxylic acid groups (broad SMARTS) is 1. The number of aliphatic carboxylic acids is 1. The fourth-order valence-electron chi connectivity index (χ4n) is 2.03. The predicted molar refractivity (Wildman–Crippen MR) is 58.1 cm³/mol. The van der Waals surface area contributed by atoms with Gasteiger partial charge in [-0.05, 0) is 31.6 Å². The fourth-order valence-corrected chi connectivity index (χ4v) is 2.03. The molecule has 5 nitrogen and oxygen atoms in total. The molecule has 1 unspecified atom stereocenters. The number of piperidine rings is 1. The van der Waals surface area contributed by atoms with Crippen LogP contribution >= 0.6 is 0 Å². The van der Waals surface area contributed by atoms with Crippen molar-refractivity contribution in [2.75, 3.05) is 19.6 Å². The first-order chi connectivity index (χ1) is 7.66. The quantitative estimate of drug-likeness (QED) is 0.751. The van der Waals surface area contributed by atoms with E-state index in [2.05, 4.69) is 5.32 Å². The van der Waals surface area contributed by atoms with Crippen LogP contribution in [0.2, 0.25) is 0 Å². The first kappa shape index (κ1) is 11.2. The van der Waals surface area contributed by atoms with E-state index < -0.39 is 5.97 Å². The Morgan fingerprint density at radius 2 is 2.06 bits per heavy atom. The minimum Gasteiger partial charge on any atom is -0.481 e. The Hall–Kier alpha value is -1.26. The summed E-state index contributed by atoms with van der Waals surface area (Å²) < 4.78 is 0. The third kappa shape index (κ3) is 2.87. The minimum atomic E-state index is -0.792. The molecule has 90 valence electrons. The highest BCUT2D eigenvalue weighted by Gasteiger charge is 2.29. The molecule has 1 aliphatic carbocycles. The highest BCUT2D eigenvalue weighted by Crippen LogP contribution is 2.27.